The molecule has 0 spiro atoms. The maximum Gasteiger partial charge on any atom is 0.313 e. The quantitative estimate of drug-likeness (QED) is 0.768. The lowest BCUT2D eigenvalue weighted by molar-refractivity contribution is -0.142. The van der Waals surface area contributed by atoms with Crippen LogP contribution in [0.15, 0.2) is 30.3 Å². The van der Waals surface area contributed by atoms with Crippen molar-refractivity contribution in [3.8, 4) is 0 Å². The first kappa shape index (κ1) is 19.6. The van der Waals surface area contributed by atoms with Crippen LogP contribution in [0.4, 0.5) is 0 Å². The second-order valence-electron chi connectivity index (χ2n) is 8.12. The van der Waals surface area contributed by atoms with E-state index in [0.717, 1.165) is 11.7 Å². The second kappa shape index (κ2) is 8.68. The number of rotatable bonds is 6. The van der Waals surface area contributed by atoms with Gasteiger partial charge >= 0.3 is 5.97 Å². The molecule has 3 atom stereocenters. The number of aromatic amines is 1. The molecule has 0 aliphatic heterocycles. The second-order valence-corrected chi connectivity index (χ2v) is 8.12. The molecule has 1 N–H and O–H groups in total. The summed E-state index contributed by atoms with van der Waals surface area (Å²) in [5, 5.41) is 7.49. The van der Waals surface area contributed by atoms with Gasteiger partial charge in [-0.15, -0.1) is 0 Å². The Morgan fingerprint density at radius 3 is 2.48 bits per heavy atom. The molecule has 0 bridgehead atoms. The van der Waals surface area contributed by atoms with Gasteiger partial charge in [-0.3, -0.25) is 9.89 Å². The molecule has 1 aromatic carbocycles. The highest BCUT2D eigenvalue weighted by atomic mass is 16.5. The Morgan fingerprint density at radius 1 is 1.19 bits per heavy atom. The molecular weight excluding hydrogens is 338 g/mol. The van der Waals surface area contributed by atoms with Crippen molar-refractivity contribution in [3.05, 3.63) is 47.5 Å². The number of hydrogen-bond donors (Lipinski definition) is 1. The summed E-state index contributed by atoms with van der Waals surface area (Å²) in [4.78, 5) is 16.5. The van der Waals surface area contributed by atoms with Crippen LogP contribution in [0.25, 0.3) is 0 Å². The molecule has 1 heterocycles. The van der Waals surface area contributed by atoms with Crippen molar-refractivity contribution >= 4 is 5.97 Å². The number of aromatic nitrogens is 3. The maximum absolute atomic E-state index is 11.8. The Labute approximate surface area is 161 Å². The predicted octanol–water partition coefficient (Wildman–Crippen LogP) is 4.36. The lowest BCUT2D eigenvalue weighted by Crippen LogP contribution is -2.34. The molecule has 0 saturated heterocycles. The van der Waals surface area contributed by atoms with Crippen LogP contribution in [-0.4, -0.2) is 27.8 Å². The zero-order valence-corrected chi connectivity index (χ0v) is 16.8. The van der Waals surface area contributed by atoms with Crippen molar-refractivity contribution in [2.75, 3.05) is 6.61 Å². The largest absolute Gasteiger partial charge is 0.466 e. The summed E-state index contributed by atoms with van der Waals surface area (Å²) in [5.74, 6) is 3.67. The summed E-state index contributed by atoms with van der Waals surface area (Å²) in [5.41, 5.74) is 1.25. The number of esters is 1. The van der Waals surface area contributed by atoms with Crippen LogP contribution in [0.5, 0.6) is 0 Å². The maximum atomic E-state index is 11.8. The highest BCUT2D eigenvalue weighted by Crippen LogP contribution is 2.47. The highest BCUT2D eigenvalue weighted by Gasteiger charge is 2.39. The van der Waals surface area contributed by atoms with Gasteiger partial charge in [0.05, 0.1) is 6.61 Å². The monoisotopic (exact) mass is 369 g/mol. The lowest BCUT2D eigenvalue weighted by Gasteiger charge is -2.42. The fraction of sp³-hybridized carbons (Fsp3) is 0.591. The number of carbonyl (C=O) groups is 1. The summed E-state index contributed by atoms with van der Waals surface area (Å²) in [7, 11) is 0. The molecule has 0 amide bonds. The van der Waals surface area contributed by atoms with Gasteiger partial charge in [-0.25, -0.2) is 4.98 Å². The van der Waals surface area contributed by atoms with Crippen molar-refractivity contribution in [2.45, 2.75) is 52.9 Å². The van der Waals surface area contributed by atoms with E-state index in [-0.39, 0.29) is 18.3 Å². The van der Waals surface area contributed by atoms with Crippen LogP contribution in [0.2, 0.25) is 0 Å². The van der Waals surface area contributed by atoms with Crippen molar-refractivity contribution in [1.82, 2.24) is 15.2 Å². The lowest BCUT2D eigenvalue weighted by atomic mass is 9.63. The highest BCUT2D eigenvalue weighted by molar-refractivity contribution is 5.71. The molecule has 0 radical (unpaired) electrons. The minimum absolute atomic E-state index is 0.134. The van der Waals surface area contributed by atoms with E-state index in [0.29, 0.717) is 30.2 Å². The minimum atomic E-state index is -0.273. The topological polar surface area (TPSA) is 67.9 Å². The molecule has 5 heteroatoms. The number of carbonyl (C=O) groups excluding carboxylic acids is 1. The summed E-state index contributed by atoms with van der Waals surface area (Å²) in [6.45, 7) is 9.26. The first-order valence-corrected chi connectivity index (χ1v) is 10.1. The third-order valence-electron chi connectivity index (χ3n) is 5.85. The van der Waals surface area contributed by atoms with Crippen LogP contribution in [0, 0.1) is 23.7 Å². The van der Waals surface area contributed by atoms with Gasteiger partial charge in [-0.05, 0) is 49.0 Å². The third kappa shape index (κ3) is 4.57. The fourth-order valence-corrected chi connectivity index (χ4v) is 4.98. The van der Waals surface area contributed by atoms with Gasteiger partial charge in [0.2, 0.25) is 0 Å². The smallest absolute Gasteiger partial charge is 0.313 e. The molecule has 3 unspecified atom stereocenters. The van der Waals surface area contributed by atoms with Crippen molar-refractivity contribution < 1.29 is 9.53 Å². The first-order chi connectivity index (χ1) is 13.0. The van der Waals surface area contributed by atoms with Gasteiger partial charge in [-0.2, -0.15) is 5.10 Å². The Morgan fingerprint density at radius 2 is 1.85 bits per heavy atom. The number of H-pyrrole nitrogens is 1. The fourth-order valence-electron chi connectivity index (χ4n) is 4.98. The summed E-state index contributed by atoms with van der Waals surface area (Å²) < 4.78 is 5.04. The van der Waals surface area contributed by atoms with E-state index in [1.54, 1.807) is 0 Å². The molecule has 1 fully saturated rings. The van der Waals surface area contributed by atoms with Crippen LogP contribution in [0.1, 0.15) is 63.7 Å². The molecule has 5 nitrogen and oxygen atoms in total. The van der Waals surface area contributed by atoms with E-state index in [4.69, 9.17) is 9.72 Å². The van der Waals surface area contributed by atoms with Gasteiger partial charge in [0, 0.05) is 5.92 Å². The number of nitrogens with one attached hydrogen (secondary N) is 1. The van der Waals surface area contributed by atoms with Gasteiger partial charge in [0.25, 0.3) is 0 Å². The average Bonchev–Trinajstić information content (AvgIpc) is 3.06. The van der Waals surface area contributed by atoms with Gasteiger partial charge in [-0.1, -0.05) is 51.1 Å². The molecule has 1 aliphatic carbocycles. The van der Waals surface area contributed by atoms with E-state index in [1.165, 1.54) is 18.4 Å². The summed E-state index contributed by atoms with van der Waals surface area (Å²) >= 11 is 0. The van der Waals surface area contributed by atoms with Crippen LogP contribution >= 0.6 is 0 Å². The van der Waals surface area contributed by atoms with Crippen LogP contribution in [0.3, 0.4) is 0 Å². The zero-order chi connectivity index (χ0) is 19.4. The van der Waals surface area contributed by atoms with E-state index < -0.39 is 0 Å². The van der Waals surface area contributed by atoms with E-state index in [2.05, 4.69) is 55.2 Å². The van der Waals surface area contributed by atoms with Crippen LogP contribution < -0.4 is 0 Å². The number of ether oxygens (including phenoxy) is 1. The molecule has 1 saturated carbocycles. The van der Waals surface area contributed by atoms with Gasteiger partial charge in [0.15, 0.2) is 5.82 Å². The molecule has 2 aromatic rings. The standard InChI is InChI=1S/C22H31N3O2/c1-5-27-19(26)13-18-23-22(25-24-18)21(17-9-7-6-8-10-17)20-15(3)11-14(2)12-16(20)4/h6-10,14-16,20-21H,5,11-13H2,1-4H3,(H,23,24,25). The minimum Gasteiger partial charge on any atom is -0.466 e. The average molecular weight is 370 g/mol. The summed E-state index contributed by atoms with van der Waals surface area (Å²) in [6.07, 6.45) is 2.60. The number of nitrogens with zero attached hydrogens (tertiary/aromatic N) is 2. The van der Waals surface area contributed by atoms with Crippen molar-refractivity contribution in [2.24, 2.45) is 23.7 Å². The number of hydrogen-bond acceptors (Lipinski definition) is 4. The Kier molecular flexibility index (Phi) is 6.30. The molecule has 3 rings (SSSR count). The normalized spacial score (nSPS) is 26.5. The number of benzene rings is 1. The molecule has 27 heavy (non-hydrogen) atoms. The Bertz CT molecular complexity index is 731. The van der Waals surface area contributed by atoms with E-state index in [1.807, 2.05) is 13.0 Å². The third-order valence-corrected chi connectivity index (χ3v) is 5.85. The Balaban J connectivity index is 1.92. The van der Waals surface area contributed by atoms with Crippen molar-refractivity contribution in [3.63, 3.8) is 0 Å². The summed E-state index contributed by atoms with van der Waals surface area (Å²) in [6, 6.07) is 10.5. The zero-order valence-electron chi connectivity index (χ0n) is 16.8. The SMILES string of the molecule is CCOC(=O)Cc1nc(C(c2ccccc2)C2C(C)CC(C)CC2C)n[nH]1. The van der Waals surface area contributed by atoms with Gasteiger partial charge in [0.1, 0.15) is 12.2 Å². The Hall–Kier alpha value is -2.17. The molecule has 146 valence electrons. The molecular formula is C22H31N3O2. The van der Waals surface area contributed by atoms with E-state index >= 15 is 0 Å². The first-order valence-electron chi connectivity index (χ1n) is 10.1. The predicted molar refractivity (Wildman–Crippen MR) is 105 cm³/mol. The van der Waals surface area contributed by atoms with Crippen LogP contribution in [-0.2, 0) is 16.0 Å². The molecule has 1 aliphatic rings. The van der Waals surface area contributed by atoms with Crippen molar-refractivity contribution in [1.29, 1.82) is 0 Å². The van der Waals surface area contributed by atoms with Gasteiger partial charge < -0.3 is 4.74 Å². The van der Waals surface area contributed by atoms with E-state index in [9.17, 15) is 4.79 Å². The molecule has 1 aromatic heterocycles.